The highest BCUT2D eigenvalue weighted by atomic mass is 15.3. The van der Waals surface area contributed by atoms with Gasteiger partial charge >= 0.3 is 0 Å². The summed E-state index contributed by atoms with van der Waals surface area (Å²) in [5.74, 6) is 2.89. The fraction of sp³-hybridized carbons (Fsp3) is 0.700. The lowest BCUT2D eigenvalue weighted by Crippen LogP contribution is -2.45. The van der Waals surface area contributed by atoms with Crippen LogP contribution < -0.4 is 10.2 Å². The van der Waals surface area contributed by atoms with Crippen molar-refractivity contribution in [2.45, 2.75) is 52.0 Å². The zero-order chi connectivity index (χ0) is 17.5. The lowest BCUT2D eigenvalue weighted by atomic mass is 10.0. The van der Waals surface area contributed by atoms with Crippen molar-refractivity contribution < 1.29 is 0 Å². The minimum absolute atomic E-state index is 0.752. The van der Waals surface area contributed by atoms with Crippen molar-refractivity contribution in [3.05, 3.63) is 23.9 Å². The Hall–Kier alpha value is -1.78. The second-order valence-electron chi connectivity index (χ2n) is 7.52. The third-order valence-electron chi connectivity index (χ3n) is 5.36. The third kappa shape index (κ3) is 5.10. The number of pyridine rings is 1. The number of likely N-dealkylation sites (tertiary alicyclic amines) is 1. The van der Waals surface area contributed by atoms with Crippen LogP contribution >= 0.6 is 0 Å². The monoisotopic (exact) mass is 343 g/mol. The van der Waals surface area contributed by atoms with Gasteiger partial charge in [0.25, 0.3) is 0 Å². The molecule has 0 aromatic carbocycles. The number of piperidine rings is 1. The van der Waals surface area contributed by atoms with Crippen molar-refractivity contribution in [1.29, 1.82) is 0 Å². The SMILES string of the molecule is CN=C(NCc1ccc(N2CCCCCC2)nc1)N1CCCC(C)C1. The highest BCUT2D eigenvalue weighted by molar-refractivity contribution is 5.80. The van der Waals surface area contributed by atoms with Gasteiger partial charge in [-0.3, -0.25) is 4.99 Å². The maximum atomic E-state index is 4.70. The highest BCUT2D eigenvalue weighted by Crippen LogP contribution is 2.18. The van der Waals surface area contributed by atoms with Crippen molar-refractivity contribution >= 4 is 11.8 Å². The van der Waals surface area contributed by atoms with E-state index in [-0.39, 0.29) is 0 Å². The summed E-state index contributed by atoms with van der Waals surface area (Å²) in [7, 11) is 1.88. The quantitative estimate of drug-likeness (QED) is 0.676. The molecule has 0 bridgehead atoms. The minimum atomic E-state index is 0.752. The summed E-state index contributed by atoms with van der Waals surface area (Å²) in [6, 6.07) is 4.38. The molecule has 5 heteroatoms. The zero-order valence-corrected chi connectivity index (χ0v) is 15.9. The largest absolute Gasteiger partial charge is 0.357 e. The smallest absolute Gasteiger partial charge is 0.193 e. The molecule has 0 aliphatic carbocycles. The Bertz CT molecular complexity index is 546. The Balaban J connectivity index is 1.54. The van der Waals surface area contributed by atoms with Crippen LogP contribution in [0.5, 0.6) is 0 Å². The molecule has 0 spiro atoms. The molecule has 1 atom stereocenters. The maximum absolute atomic E-state index is 4.70. The number of anilines is 1. The van der Waals surface area contributed by atoms with Crippen LogP contribution in [-0.2, 0) is 6.54 Å². The molecule has 0 radical (unpaired) electrons. The van der Waals surface area contributed by atoms with E-state index in [2.05, 4.69) is 39.2 Å². The van der Waals surface area contributed by atoms with E-state index in [1.807, 2.05) is 13.2 Å². The highest BCUT2D eigenvalue weighted by Gasteiger charge is 2.19. The first-order valence-corrected chi connectivity index (χ1v) is 9.92. The number of hydrogen-bond acceptors (Lipinski definition) is 3. The van der Waals surface area contributed by atoms with Gasteiger partial charge in [0.1, 0.15) is 5.82 Å². The van der Waals surface area contributed by atoms with Gasteiger partial charge in [-0.15, -0.1) is 0 Å². The van der Waals surface area contributed by atoms with Crippen LogP contribution in [-0.4, -0.2) is 49.1 Å². The Morgan fingerprint density at radius 1 is 1.16 bits per heavy atom. The van der Waals surface area contributed by atoms with E-state index in [0.717, 1.165) is 50.4 Å². The van der Waals surface area contributed by atoms with Gasteiger partial charge in [0, 0.05) is 46.0 Å². The Morgan fingerprint density at radius 3 is 2.60 bits per heavy atom. The first-order chi connectivity index (χ1) is 12.3. The van der Waals surface area contributed by atoms with Gasteiger partial charge in [0.2, 0.25) is 0 Å². The summed E-state index contributed by atoms with van der Waals surface area (Å²) in [6.07, 6.45) is 9.88. The standard InChI is InChI=1S/C20H33N5/c1-17-8-7-13-25(16-17)20(21-2)23-15-18-9-10-19(22-14-18)24-11-5-3-4-6-12-24/h9-10,14,17H,3-8,11-13,15-16H2,1-2H3,(H,21,23). The van der Waals surface area contributed by atoms with Crippen molar-refractivity contribution in [2.24, 2.45) is 10.9 Å². The Kier molecular flexibility index (Phi) is 6.54. The van der Waals surface area contributed by atoms with Crippen molar-refractivity contribution in [3.8, 4) is 0 Å². The molecule has 1 aromatic rings. The maximum Gasteiger partial charge on any atom is 0.193 e. The molecule has 3 heterocycles. The first-order valence-electron chi connectivity index (χ1n) is 9.92. The topological polar surface area (TPSA) is 43.8 Å². The lowest BCUT2D eigenvalue weighted by Gasteiger charge is -2.33. The van der Waals surface area contributed by atoms with Crippen molar-refractivity contribution in [2.75, 3.05) is 38.1 Å². The summed E-state index contributed by atoms with van der Waals surface area (Å²) < 4.78 is 0. The van der Waals surface area contributed by atoms with E-state index in [4.69, 9.17) is 4.98 Å². The molecule has 1 aromatic heterocycles. The number of aromatic nitrogens is 1. The van der Waals surface area contributed by atoms with Crippen LogP contribution in [0.1, 0.15) is 51.0 Å². The van der Waals surface area contributed by atoms with E-state index >= 15 is 0 Å². The van der Waals surface area contributed by atoms with Crippen LogP contribution in [0.2, 0.25) is 0 Å². The van der Waals surface area contributed by atoms with Crippen molar-refractivity contribution in [1.82, 2.24) is 15.2 Å². The number of guanidine groups is 1. The molecule has 2 saturated heterocycles. The molecule has 5 nitrogen and oxygen atoms in total. The van der Waals surface area contributed by atoms with E-state index in [0.29, 0.717) is 0 Å². The number of aliphatic imine (C=N–C) groups is 1. The first kappa shape index (κ1) is 18.0. The molecule has 2 aliphatic heterocycles. The summed E-state index contributed by atoms with van der Waals surface area (Å²) >= 11 is 0. The fourth-order valence-corrected chi connectivity index (χ4v) is 3.90. The summed E-state index contributed by atoms with van der Waals surface area (Å²) in [4.78, 5) is 14.0. The number of rotatable bonds is 3. The molecule has 2 fully saturated rings. The van der Waals surface area contributed by atoms with Gasteiger partial charge < -0.3 is 15.1 Å². The van der Waals surface area contributed by atoms with Gasteiger partial charge in [-0.25, -0.2) is 4.98 Å². The molecule has 138 valence electrons. The number of hydrogen-bond donors (Lipinski definition) is 1. The number of nitrogens with one attached hydrogen (secondary N) is 1. The lowest BCUT2D eigenvalue weighted by molar-refractivity contribution is 0.266. The average molecular weight is 344 g/mol. The predicted molar refractivity (Wildman–Crippen MR) is 105 cm³/mol. The normalized spacial score (nSPS) is 22.6. The second kappa shape index (κ2) is 9.07. The summed E-state index contributed by atoms with van der Waals surface area (Å²) in [5, 5.41) is 3.51. The molecule has 0 saturated carbocycles. The summed E-state index contributed by atoms with van der Waals surface area (Å²) in [5.41, 5.74) is 1.21. The van der Waals surface area contributed by atoms with Crippen molar-refractivity contribution in [3.63, 3.8) is 0 Å². The predicted octanol–water partition coefficient (Wildman–Crippen LogP) is 3.27. The molecule has 2 aliphatic rings. The fourth-order valence-electron chi connectivity index (χ4n) is 3.90. The molecular formula is C20H33N5. The minimum Gasteiger partial charge on any atom is -0.357 e. The molecule has 0 amide bonds. The van der Waals surface area contributed by atoms with Crippen LogP contribution in [0.3, 0.4) is 0 Å². The van der Waals surface area contributed by atoms with Crippen LogP contribution in [0.25, 0.3) is 0 Å². The molecular weight excluding hydrogens is 310 g/mol. The van der Waals surface area contributed by atoms with Crippen LogP contribution in [0, 0.1) is 5.92 Å². The van der Waals surface area contributed by atoms with Gasteiger partial charge in [-0.05, 0) is 43.2 Å². The molecule has 1 unspecified atom stereocenters. The van der Waals surface area contributed by atoms with Gasteiger partial charge in [-0.1, -0.05) is 25.8 Å². The van der Waals surface area contributed by atoms with E-state index in [1.165, 1.54) is 44.1 Å². The molecule has 3 rings (SSSR count). The van der Waals surface area contributed by atoms with Gasteiger partial charge in [-0.2, -0.15) is 0 Å². The Morgan fingerprint density at radius 2 is 1.96 bits per heavy atom. The van der Waals surface area contributed by atoms with Crippen LogP contribution in [0.15, 0.2) is 23.3 Å². The van der Waals surface area contributed by atoms with E-state index in [9.17, 15) is 0 Å². The second-order valence-corrected chi connectivity index (χ2v) is 7.52. The average Bonchev–Trinajstić information content (AvgIpc) is 2.92. The van der Waals surface area contributed by atoms with E-state index < -0.39 is 0 Å². The third-order valence-corrected chi connectivity index (χ3v) is 5.36. The zero-order valence-electron chi connectivity index (χ0n) is 15.9. The van der Waals surface area contributed by atoms with Gasteiger partial charge in [0.05, 0.1) is 0 Å². The van der Waals surface area contributed by atoms with Gasteiger partial charge in [0.15, 0.2) is 5.96 Å². The molecule has 1 N–H and O–H groups in total. The number of nitrogens with zero attached hydrogens (tertiary/aromatic N) is 4. The van der Waals surface area contributed by atoms with Crippen LogP contribution in [0.4, 0.5) is 5.82 Å². The molecule has 25 heavy (non-hydrogen) atoms. The summed E-state index contributed by atoms with van der Waals surface area (Å²) in [6.45, 7) is 7.60. The van der Waals surface area contributed by atoms with E-state index in [1.54, 1.807) is 0 Å². The Labute approximate surface area is 152 Å².